The monoisotopic (exact) mass is 390 g/mol. The molecule has 144 valence electrons. The number of benzene rings is 1. The van der Waals surface area contributed by atoms with Gasteiger partial charge in [-0.25, -0.2) is 4.79 Å². The molecular weight excluding hydrogens is 372 g/mol. The predicted octanol–water partition coefficient (Wildman–Crippen LogP) is -0.788. The molecule has 1 unspecified atom stereocenters. The van der Waals surface area contributed by atoms with E-state index in [2.05, 4.69) is 9.50 Å². The van der Waals surface area contributed by atoms with Crippen LogP contribution >= 0.6 is 0 Å². The van der Waals surface area contributed by atoms with Crippen LogP contribution in [-0.2, 0) is 32.2 Å². The summed E-state index contributed by atoms with van der Waals surface area (Å²) >= 11 is -2.61. The van der Waals surface area contributed by atoms with Crippen molar-refractivity contribution in [3.05, 3.63) is 23.8 Å². The molecule has 0 fully saturated rings. The van der Waals surface area contributed by atoms with E-state index in [1.807, 2.05) is 0 Å². The maximum Gasteiger partial charge on any atom is 0.357 e. The number of carboxylic acid groups (broad SMARTS) is 2. The van der Waals surface area contributed by atoms with E-state index in [0.717, 1.165) is 0 Å². The number of phenolic OH excluding ortho intramolecular Hbond substituents is 1. The lowest BCUT2D eigenvalue weighted by atomic mass is 10.0. The number of carbonyl (C=O) groups excluding carboxylic acids is 1. The molecule has 0 saturated carbocycles. The minimum atomic E-state index is -2.61. The van der Waals surface area contributed by atoms with Gasteiger partial charge in [0.15, 0.2) is 11.5 Å². The lowest BCUT2D eigenvalue weighted by molar-refractivity contribution is -0.143. The van der Waals surface area contributed by atoms with E-state index in [1.165, 1.54) is 18.2 Å². The standard InChI is InChI=1S/C14H18N2O9S/c15-8(13(20)16-9(14(21)22)2-4-12(18)19)5-7-1-3-11(10(17)6-7)25-26(23)24/h1,3,6,8-9,17H,2,4-5,15H2,(H,16,20)(H,18,19)(H,21,22)(H,23,24)/t8-,9-/m0/s1. The van der Waals surface area contributed by atoms with E-state index in [0.29, 0.717) is 5.56 Å². The first kappa shape index (κ1) is 21.3. The Morgan fingerprint density at radius 1 is 1.27 bits per heavy atom. The van der Waals surface area contributed by atoms with Gasteiger partial charge in [0.25, 0.3) is 0 Å². The largest absolute Gasteiger partial charge is 0.504 e. The number of nitrogens with two attached hydrogens (primary N) is 1. The summed E-state index contributed by atoms with van der Waals surface area (Å²) in [6, 6.07) is 1.21. The van der Waals surface area contributed by atoms with E-state index in [9.17, 15) is 23.7 Å². The van der Waals surface area contributed by atoms with Gasteiger partial charge in [0, 0.05) is 6.42 Å². The van der Waals surface area contributed by atoms with Crippen LogP contribution in [0.25, 0.3) is 0 Å². The number of aliphatic carboxylic acids is 2. The maximum atomic E-state index is 12.0. The Hall–Kier alpha value is -2.70. The van der Waals surface area contributed by atoms with Crippen molar-refractivity contribution in [2.75, 3.05) is 0 Å². The molecule has 1 amide bonds. The van der Waals surface area contributed by atoms with Gasteiger partial charge in [0.05, 0.1) is 6.04 Å². The molecule has 1 aromatic carbocycles. The average molecular weight is 390 g/mol. The van der Waals surface area contributed by atoms with Gasteiger partial charge in [-0.3, -0.25) is 14.1 Å². The van der Waals surface area contributed by atoms with Crippen LogP contribution in [0.15, 0.2) is 18.2 Å². The zero-order chi connectivity index (χ0) is 19.9. The zero-order valence-electron chi connectivity index (χ0n) is 13.3. The molecule has 0 radical (unpaired) electrons. The molecule has 0 aliphatic heterocycles. The Balaban J connectivity index is 2.70. The van der Waals surface area contributed by atoms with Crippen molar-refractivity contribution in [2.24, 2.45) is 5.73 Å². The number of nitrogens with one attached hydrogen (secondary N) is 1. The lowest BCUT2D eigenvalue weighted by Gasteiger charge is -2.17. The van der Waals surface area contributed by atoms with E-state index in [-0.39, 0.29) is 18.6 Å². The summed E-state index contributed by atoms with van der Waals surface area (Å²) in [4.78, 5) is 33.6. The SMILES string of the molecule is N[C@@H](Cc1ccc(OS(=O)O)c(O)c1)C(=O)N[C@@H](CCC(=O)O)C(=O)O. The molecule has 3 atom stereocenters. The maximum absolute atomic E-state index is 12.0. The van der Waals surface area contributed by atoms with Gasteiger partial charge in [0.2, 0.25) is 5.91 Å². The summed E-state index contributed by atoms with van der Waals surface area (Å²) in [7, 11) is 0. The van der Waals surface area contributed by atoms with E-state index < -0.39 is 53.5 Å². The number of rotatable bonds is 10. The van der Waals surface area contributed by atoms with Gasteiger partial charge in [-0.05, 0) is 30.5 Å². The number of aromatic hydroxyl groups is 1. The van der Waals surface area contributed by atoms with Crippen LogP contribution in [0.2, 0.25) is 0 Å². The van der Waals surface area contributed by atoms with Crippen molar-refractivity contribution in [1.29, 1.82) is 0 Å². The van der Waals surface area contributed by atoms with E-state index in [4.69, 9.17) is 20.5 Å². The van der Waals surface area contributed by atoms with Crippen molar-refractivity contribution in [3.8, 4) is 11.5 Å². The Morgan fingerprint density at radius 3 is 2.42 bits per heavy atom. The molecule has 1 aromatic rings. The highest BCUT2D eigenvalue weighted by Crippen LogP contribution is 2.27. The summed E-state index contributed by atoms with van der Waals surface area (Å²) in [6.07, 6.45) is -0.810. The van der Waals surface area contributed by atoms with Gasteiger partial charge in [-0.1, -0.05) is 6.07 Å². The van der Waals surface area contributed by atoms with Gasteiger partial charge < -0.3 is 30.6 Å². The Bertz CT molecular complexity index is 710. The first-order valence-electron chi connectivity index (χ1n) is 7.21. The quantitative estimate of drug-likeness (QED) is 0.275. The normalized spacial score (nSPS) is 14.1. The smallest absolute Gasteiger partial charge is 0.357 e. The Morgan fingerprint density at radius 2 is 1.92 bits per heavy atom. The third kappa shape index (κ3) is 7.04. The van der Waals surface area contributed by atoms with Crippen molar-refractivity contribution in [1.82, 2.24) is 5.32 Å². The second-order valence-electron chi connectivity index (χ2n) is 5.24. The van der Waals surface area contributed by atoms with Crippen LogP contribution < -0.4 is 15.2 Å². The fourth-order valence-electron chi connectivity index (χ4n) is 1.99. The number of phenols is 1. The number of amides is 1. The molecule has 26 heavy (non-hydrogen) atoms. The third-order valence-corrected chi connectivity index (χ3v) is 3.56. The highest BCUT2D eigenvalue weighted by Gasteiger charge is 2.24. The van der Waals surface area contributed by atoms with Crippen LogP contribution in [-0.4, -0.2) is 54.0 Å². The second kappa shape index (κ2) is 9.70. The molecule has 0 aliphatic carbocycles. The predicted molar refractivity (Wildman–Crippen MR) is 87.6 cm³/mol. The minimum Gasteiger partial charge on any atom is -0.504 e. The number of carbonyl (C=O) groups is 3. The van der Waals surface area contributed by atoms with Crippen molar-refractivity contribution in [3.63, 3.8) is 0 Å². The summed E-state index contributed by atoms with van der Waals surface area (Å²) in [5.74, 6) is -4.08. The topological polar surface area (TPSA) is 196 Å². The van der Waals surface area contributed by atoms with Crippen LogP contribution in [0, 0.1) is 0 Å². The molecule has 0 heterocycles. The first-order chi connectivity index (χ1) is 12.1. The first-order valence-corrected chi connectivity index (χ1v) is 8.25. The van der Waals surface area contributed by atoms with Crippen LogP contribution in [0.4, 0.5) is 0 Å². The van der Waals surface area contributed by atoms with Gasteiger partial charge in [-0.15, -0.1) is 0 Å². The third-order valence-electron chi connectivity index (χ3n) is 3.24. The summed E-state index contributed by atoms with van der Waals surface area (Å²) < 4.78 is 23.6. The van der Waals surface area contributed by atoms with Crippen molar-refractivity contribution < 1.29 is 42.6 Å². The van der Waals surface area contributed by atoms with Crippen molar-refractivity contribution in [2.45, 2.75) is 31.3 Å². The average Bonchev–Trinajstić information content (AvgIpc) is 2.52. The molecule has 11 nitrogen and oxygen atoms in total. The van der Waals surface area contributed by atoms with Crippen LogP contribution in [0.5, 0.6) is 11.5 Å². The van der Waals surface area contributed by atoms with Crippen LogP contribution in [0.1, 0.15) is 18.4 Å². The van der Waals surface area contributed by atoms with Gasteiger partial charge in [0.1, 0.15) is 6.04 Å². The van der Waals surface area contributed by atoms with E-state index >= 15 is 0 Å². The van der Waals surface area contributed by atoms with Crippen molar-refractivity contribution >= 4 is 29.2 Å². The molecule has 0 aliphatic rings. The minimum absolute atomic E-state index is 0.0762. The molecule has 0 saturated heterocycles. The number of carboxylic acids is 2. The summed E-state index contributed by atoms with van der Waals surface area (Å²) in [5.41, 5.74) is 6.09. The summed E-state index contributed by atoms with van der Waals surface area (Å²) in [5, 5.41) is 29.4. The van der Waals surface area contributed by atoms with Gasteiger partial charge >= 0.3 is 23.3 Å². The lowest BCUT2D eigenvalue weighted by Crippen LogP contribution is -2.49. The number of hydrogen-bond acceptors (Lipinski definition) is 7. The zero-order valence-corrected chi connectivity index (χ0v) is 14.1. The Kier molecular flexibility index (Phi) is 7.96. The molecule has 7 N–H and O–H groups in total. The van der Waals surface area contributed by atoms with E-state index in [1.54, 1.807) is 0 Å². The highest BCUT2D eigenvalue weighted by atomic mass is 32.2. The Labute approximate surface area is 150 Å². The molecule has 12 heteroatoms. The highest BCUT2D eigenvalue weighted by molar-refractivity contribution is 7.74. The van der Waals surface area contributed by atoms with Crippen LogP contribution in [0.3, 0.4) is 0 Å². The fourth-order valence-corrected chi connectivity index (χ4v) is 2.28. The molecule has 1 rings (SSSR count). The molecule has 0 spiro atoms. The molecule has 0 bridgehead atoms. The molecule has 0 aromatic heterocycles. The molecular formula is C14H18N2O9S. The van der Waals surface area contributed by atoms with Gasteiger partial charge in [-0.2, -0.15) is 4.21 Å². The second-order valence-corrected chi connectivity index (χ2v) is 5.85. The fraction of sp³-hybridized carbons (Fsp3) is 0.357. The summed E-state index contributed by atoms with van der Waals surface area (Å²) in [6.45, 7) is 0. The number of hydrogen-bond donors (Lipinski definition) is 6.